The normalized spacial score (nSPS) is 14.0. The van der Waals surface area contributed by atoms with Crippen LogP contribution in [0.3, 0.4) is 0 Å². The van der Waals surface area contributed by atoms with Gasteiger partial charge in [0.15, 0.2) is 11.5 Å². The minimum Gasteiger partial charge on any atom is -0.506 e. The Bertz CT molecular complexity index is 846. The van der Waals surface area contributed by atoms with Gasteiger partial charge in [-0.05, 0) is 12.1 Å². The molecular formula is C17H11N3O2. The summed E-state index contributed by atoms with van der Waals surface area (Å²) in [5.41, 5.74) is 1.38. The molecule has 0 saturated heterocycles. The number of aliphatic hydroxyl groups is 1. The van der Waals surface area contributed by atoms with Crippen LogP contribution < -0.4 is 0 Å². The zero-order valence-corrected chi connectivity index (χ0v) is 11.5. The van der Waals surface area contributed by atoms with Gasteiger partial charge in [0, 0.05) is 17.3 Å². The minimum atomic E-state index is -0.380. The number of nitrogens with zero attached hydrogens (tertiary/aromatic N) is 3. The number of Topliss-reactive ketones (excluding diaryl/α,β-unsaturated/α-hetero) is 1. The largest absolute Gasteiger partial charge is 0.506 e. The Morgan fingerprint density at radius 2 is 1.91 bits per heavy atom. The molecule has 0 radical (unpaired) electrons. The molecule has 106 valence electrons. The van der Waals surface area contributed by atoms with Crippen LogP contribution >= 0.6 is 0 Å². The summed E-state index contributed by atoms with van der Waals surface area (Å²) < 4.78 is 0. The molecule has 5 nitrogen and oxygen atoms in total. The molecule has 0 bridgehead atoms. The molecule has 0 saturated carbocycles. The lowest BCUT2D eigenvalue weighted by molar-refractivity contribution is 0.104. The Hall–Kier alpha value is -3.26. The fourth-order valence-electron chi connectivity index (χ4n) is 2.31. The second kappa shape index (κ2) is 5.62. The molecule has 1 N–H and O–H groups in total. The third kappa shape index (κ3) is 2.27. The van der Waals surface area contributed by atoms with Crippen LogP contribution in [0.5, 0.6) is 0 Å². The molecule has 0 unspecified atom stereocenters. The number of aliphatic hydroxyl groups excluding tert-OH is 1. The summed E-state index contributed by atoms with van der Waals surface area (Å²) in [4.78, 5) is 20.6. The van der Waals surface area contributed by atoms with Crippen molar-refractivity contribution in [2.45, 2.75) is 6.54 Å². The Kier molecular flexibility index (Phi) is 3.50. The predicted octanol–water partition coefficient (Wildman–Crippen LogP) is 2.71. The number of carbonyl (C=O) groups excluding carboxylic acids is 1. The minimum absolute atomic E-state index is 0.0420. The lowest BCUT2D eigenvalue weighted by atomic mass is 10.1. The zero-order valence-electron chi connectivity index (χ0n) is 11.5. The Morgan fingerprint density at radius 1 is 1.18 bits per heavy atom. The molecule has 1 aliphatic carbocycles. The lowest BCUT2D eigenvalue weighted by Crippen LogP contribution is -2.09. The summed E-state index contributed by atoms with van der Waals surface area (Å²) in [7, 11) is 0. The van der Waals surface area contributed by atoms with E-state index in [1.807, 2.05) is 12.1 Å². The fraction of sp³-hybridized carbons (Fsp3) is 0.0588. The number of pyridine rings is 1. The van der Waals surface area contributed by atoms with E-state index in [1.54, 1.807) is 42.6 Å². The zero-order chi connectivity index (χ0) is 15.5. The van der Waals surface area contributed by atoms with Gasteiger partial charge in [0.05, 0.1) is 12.2 Å². The van der Waals surface area contributed by atoms with Gasteiger partial charge in [-0.3, -0.25) is 14.8 Å². The van der Waals surface area contributed by atoms with Crippen LogP contribution in [0.4, 0.5) is 0 Å². The van der Waals surface area contributed by atoms with Crippen LogP contribution in [0.1, 0.15) is 21.6 Å². The van der Waals surface area contributed by atoms with E-state index in [2.05, 4.69) is 9.98 Å². The van der Waals surface area contributed by atoms with Gasteiger partial charge < -0.3 is 5.11 Å². The molecule has 2 aromatic rings. The first-order valence-electron chi connectivity index (χ1n) is 6.64. The molecule has 1 aromatic carbocycles. The molecule has 22 heavy (non-hydrogen) atoms. The number of fused-ring (bicyclic) bond motifs is 1. The highest BCUT2D eigenvalue weighted by atomic mass is 16.3. The van der Waals surface area contributed by atoms with Gasteiger partial charge in [-0.1, -0.05) is 30.3 Å². The van der Waals surface area contributed by atoms with Gasteiger partial charge >= 0.3 is 0 Å². The second-order valence-electron chi connectivity index (χ2n) is 4.70. The summed E-state index contributed by atoms with van der Waals surface area (Å²) in [6, 6.07) is 14.0. The average molecular weight is 289 g/mol. The lowest BCUT2D eigenvalue weighted by Gasteiger charge is -2.00. The van der Waals surface area contributed by atoms with Crippen molar-refractivity contribution >= 4 is 17.3 Å². The molecule has 1 aromatic heterocycles. The molecule has 5 heteroatoms. The predicted molar refractivity (Wildman–Crippen MR) is 81.3 cm³/mol. The van der Waals surface area contributed by atoms with Gasteiger partial charge in [-0.2, -0.15) is 5.26 Å². The highest BCUT2D eigenvalue weighted by molar-refractivity contribution is 6.39. The van der Waals surface area contributed by atoms with E-state index in [-0.39, 0.29) is 29.4 Å². The summed E-state index contributed by atoms with van der Waals surface area (Å²) in [6.45, 7) is 0.171. The van der Waals surface area contributed by atoms with Crippen molar-refractivity contribution in [1.82, 2.24) is 4.98 Å². The molecule has 0 atom stereocenters. The van der Waals surface area contributed by atoms with Crippen molar-refractivity contribution < 1.29 is 9.90 Å². The molecule has 0 fully saturated rings. The van der Waals surface area contributed by atoms with Crippen LogP contribution in [-0.4, -0.2) is 21.6 Å². The first-order valence-corrected chi connectivity index (χ1v) is 6.64. The van der Waals surface area contributed by atoms with Crippen LogP contribution in [0.2, 0.25) is 0 Å². The van der Waals surface area contributed by atoms with E-state index in [0.717, 1.165) is 0 Å². The van der Waals surface area contributed by atoms with Crippen molar-refractivity contribution in [3.8, 4) is 6.07 Å². The van der Waals surface area contributed by atoms with Crippen molar-refractivity contribution in [2.75, 3.05) is 0 Å². The van der Waals surface area contributed by atoms with E-state index in [1.165, 1.54) is 0 Å². The van der Waals surface area contributed by atoms with Crippen molar-refractivity contribution in [3.05, 3.63) is 71.1 Å². The van der Waals surface area contributed by atoms with E-state index in [0.29, 0.717) is 16.8 Å². The fourth-order valence-corrected chi connectivity index (χ4v) is 2.31. The van der Waals surface area contributed by atoms with Gasteiger partial charge in [-0.15, -0.1) is 0 Å². The number of hydrogen-bond donors (Lipinski definition) is 1. The van der Waals surface area contributed by atoms with Gasteiger partial charge in [0.1, 0.15) is 17.4 Å². The molecule has 0 amide bonds. The standard InChI is InChI=1S/C17H11N3O2/c18-9-14(20-10-11-5-3-4-8-19-11)15-16(21)12-6-1-2-7-13(12)17(15)22/h1-8,21H,10H2. The molecule has 0 spiro atoms. The smallest absolute Gasteiger partial charge is 0.200 e. The van der Waals surface area contributed by atoms with Crippen molar-refractivity contribution in [1.29, 1.82) is 5.26 Å². The van der Waals surface area contributed by atoms with Gasteiger partial charge in [0.25, 0.3) is 0 Å². The molecule has 3 rings (SSSR count). The number of aliphatic imine (C=N–C) groups is 1. The molecule has 1 heterocycles. The number of rotatable bonds is 3. The number of carbonyl (C=O) groups is 1. The van der Waals surface area contributed by atoms with Crippen molar-refractivity contribution in [3.63, 3.8) is 0 Å². The Balaban J connectivity index is 1.97. The molecule has 1 aliphatic rings. The first-order chi connectivity index (χ1) is 10.7. The van der Waals surface area contributed by atoms with Crippen molar-refractivity contribution in [2.24, 2.45) is 4.99 Å². The highest BCUT2D eigenvalue weighted by Crippen LogP contribution is 2.31. The quantitative estimate of drug-likeness (QED) is 0.880. The summed E-state index contributed by atoms with van der Waals surface area (Å²) in [5.74, 6) is -0.573. The summed E-state index contributed by atoms with van der Waals surface area (Å²) in [6.07, 6.45) is 1.63. The van der Waals surface area contributed by atoms with E-state index < -0.39 is 0 Å². The summed E-state index contributed by atoms with van der Waals surface area (Å²) >= 11 is 0. The monoisotopic (exact) mass is 289 g/mol. The average Bonchev–Trinajstić information content (AvgIpc) is 2.82. The maximum atomic E-state index is 12.4. The second-order valence-corrected chi connectivity index (χ2v) is 4.70. The number of allylic oxidation sites excluding steroid dienone is 1. The number of hydrogen-bond acceptors (Lipinski definition) is 5. The summed E-state index contributed by atoms with van der Waals surface area (Å²) in [5, 5.41) is 19.5. The van der Waals surface area contributed by atoms with Crippen LogP contribution in [0.25, 0.3) is 5.76 Å². The third-order valence-electron chi connectivity index (χ3n) is 3.36. The van der Waals surface area contributed by atoms with Gasteiger partial charge in [-0.25, -0.2) is 0 Å². The van der Waals surface area contributed by atoms with Crippen LogP contribution in [-0.2, 0) is 6.54 Å². The Morgan fingerprint density at radius 3 is 2.55 bits per heavy atom. The topological polar surface area (TPSA) is 86.3 Å². The number of ketones is 1. The third-order valence-corrected chi connectivity index (χ3v) is 3.36. The number of aromatic nitrogens is 1. The van der Waals surface area contributed by atoms with E-state index in [4.69, 9.17) is 0 Å². The first kappa shape index (κ1) is 13.7. The highest BCUT2D eigenvalue weighted by Gasteiger charge is 2.32. The maximum Gasteiger partial charge on any atom is 0.200 e. The van der Waals surface area contributed by atoms with E-state index in [9.17, 15) is 15.2 Å². The van der Waals surface area contributed by atoms with Gasteiger partial charge in [0.2, 0.25) is 0 Å². The Labute approximate surface area is 126 Å². The number of nitriles is 1. The van der Waals surface area contributed by atoms with E-state index >= 15 is 0 Å². The maximum absolute atomic E-state index is 12.4. The SMILES string of the molecule is N#CC(=NCc1ccccn1)C1=C(O)c2ccccc2C1=O. The number of benzene rings is 1. The molecular weight excluding hydrogens is 278 g/mol. The molecule has 0 aliphatic heterocycles. The van der Waals surface area contributed by atoms with Crippen LogP contribution in [0.15, 0.2) is 59.2 Å². The van der Waals surface area contributed by atoms with Crippen LogP contribution in [0, 0.1) is 11.3 Å².